The summed E-state index contributed by atoms with van der Waals surface area (Å²) in [5.74, 6) is 1.01. The van der Waals surface area contributed by atoms with E-state index in [4.69, 9.17) is 9.47 Å². The summed E-state index contributed by atoms with van der Waals surface area (Å²) < 4.78 is 10.5. The van der Waals surface area contributed by atoms with Gasteiger partial charge in [-0.1, -0.05) is 12.1 Å². The summed E-state index contributed by atoms with van der Waals surface area (Å²) in [5.41, 5.74) is 2.09. The number of aryl methyl sites for hydroxylation is 1. The van der Waals surface area contributed by atoms with Gasteiger partial charge in [-0.3, -0.25) is 9.59 Å². The van der Waals surface area contributed by atoms with Crippen molar-refractivity contribution >= 4 is 17.5 Å². The van der Waals surface area contributed by atoms with Crippen LogP contribution in [0.1, 0.15) is 22.3 Å². The zero-order valence-corrected chi connectivity index (χ0v) is 17.5. The molecule has 0 aliphatic heterocycles. The van der Waals surface area contributed by atoms with Gasteiger partial charge in [-0.15, -0.1) is 0 Å². The van der Waals surface area contributed by atoms with E-state index < -0.39 is 0 Å². The van der Waals surface area contributed by atoms with Gasteiger partial charge in [0.2, 0.25) is 5.91 Å². The van der Waals surface area contributed by atoms with E-state index in [-0.39, 0.29) is 11.8 Å². The van der Waals surface area contributed by atoms with E-state index in [0.717, 1.165) is 12.1 Å². The van der Waals surface area contributed by atoms with Gasteiger partial charge >= 0.3 is 0 Å². The largest absolute Gasteiger partial charge is 0.493 e. The lowest BCUT2D eigenvalue weighted by Crippen LogP contribution is -2.31. The van der Waals surface area contributed by atoms with Gasteiger partial charge in [0.1, 0.15) is 0 Å². The second kappa shape index (κ2) is 11.1. The first-order chi connectivity index (χ1) is 13.9. The Kier molecular flexibility index (Phi) is 8.48. The van der Waals surface area contributed by atoms with Crippen molar-refractivity contribution in [2.75, 3.05) is 46.7 Å². The highest BCUT2D eigenvalue weighted by Crippen LogP contribution is 2.28. The Hall–Kier alpha value is -3.06. The number of rotatable bonds is 10. The van der Waals surface area contributed by atoms with Crippen molar-refractivity contribution in [3.05, 3.63) is 53.6 Å². The van der Waals surface area contributed by atoms with E-state index >= 15 is 0 Å². The molecule has 0 aliphatic rings. The topological polar surface area (TPSA) is 79.9 Å². The predicted molar refractivity (Wildman–Crippen MR) is 114 cm³/mol. The molecule has 2 rings (SSSR count). The zero-order chi connectivity index (χ0) is 21.2. The number of methoxy groups -OCH3 is 2. The standard InChI is InChI=1S/C22H29N3O4/c1-25(2)13-12-23-22(27)17-6-5-7-18(15-17)24-21(26)11-9-16-8-10-19(28-3)20(14-16)29-4/h5-8,10,14-15H,9,11-13H2,1-4H3,(H,23,27)(H,24,26). The SMILES string of the molecule is COc1ccc(CCC(=O)Nc2cccc(C(=O)NCCN(C)C)c2)cc1OC. The first kappa shape index (κ1) is 22.2. The van der Waals surface area contributed by atoms with Gasteiger partial charge in [-0.25, -0.2) is 0 Å². The highest BCUT2D eigenvalue weighted by molar-refractivity contribution is 5.97. The Labute approximate surface area is 172 Å². The molecule has 2 aromatic rings. The number of carbonyl (C=O) groups excluding carboxylic acids is 2. The molecule has 0 bridgehead atoms. The average Bonchev–Trinajstić information content (AvgIpc) is 2.71. The minimum atomic E-state index is -0.159. The molecule has 0 unspecified atom stereocenters. The number of benzene rings is 2. The molecule has 0 saturated heterocycles. The van der Waals surface area contributed by atoms with Crippen LogP contribution in [0.3, 0.4) is 0 Å². The molecule has 2 N–H and O–H groups in total. The number of carbonyl (C=O) groups is 2. The van der Waals surface area contributed by atoms with Crippen LogP contribution in [0, 0.1) is 0 Å². The maximum Gasteiger partial charge on any atom is 0.251 e. The molecule has 29 heavy (non-hydrogen) atoms. The van der Waals surface area contributed by atoms with Gasteiger partial charge in [-0.05, 0) is 56.4 Å². The molecule has 0 aliphatic carbocycles. The number of likely N-dealkylation sites (N-methyl/N-ethyl adjacent to an activating group) is 1. The lowest BCUT2D eigenvalue weighted by atomic mass is 10.1. The minimum absolute atomic E-state index is 0.120. The molecule has 0 heterocycles. The maximum atomic E-state index is 12.3. The van der Waals surface area contributed by atoms with E-state index in [1.165, 1.54) is 0 Å². The van der Waals surface area contributed by atoms with E-state index in [9.17, 15) is 9.59 Å². The van der Waals surface area contributed by atoms with Crippen molar-refractivity contribution in [3.63, 3.8) is 0 Å². The normalized spacial score (nSPS) is 10.5. The quantitative estimate of drug-likeness (QED) is 0.642. The molecule has 2 aromatic carbocycles. The molecule has 0 fully saturated rings. The van der Waals surface area contributed by atoms with Crippen molar-refractivity contribution < 1.29 is 19.1 Å². The molecular formula is C22H29N3O4. The molecule has 0 atom stereocenters. The van der Waals surface area contributed by atoms with Crippen LogP contribution in [-0.4, -0.2) is 58.1 Å². The van der Waals surface area contributed by atoms with Crippen LogP contribution in [0.2, 0.25) is 0 Å². The Morgan fingerprint density at radius 1 is 1.00 bits per heavy atom. The second-order valence-electron chi connectivity index (χ2n) is 6.88. The summed E-state index contributed by atoms with van der Waals surface area (Å²) in [7, 11) is 7.06. The molecule has 156 valence electrons. The molecule has 0 saturated carbocycles. The van der Waals surface area contributed by atoms with Crippen molar-refractivity contribution in [1.82, 2.24) is 10.2 Å². The van der Waals surface area contributed by atoms with Crippen molar-refractivity contribution in [2.45, 2.75) is 12.8 Å². The Morgan fingerprint density at radius 2 is 1.76 bits per heavy atom. The number of hydrogen-bond acceptors (Lipinski definition) is 5. The number of ether oxygens (including phenoxy) is 2. The lowest BCUT2D eigenvalue weighted by molar-refractivity contribution is -0.116. The van der Waals surface area contributed by atoms with E-state index in [1.807, 2.05) is 37.2 Å². The maximum absolute atomic E-state index is 12.3. The average molecular weight is 399 g/mol. The van der Waals surface area contributed by atoms with Crippen LogP contribution < -0.4 is 20.1 Å². The number of amides is 2. The molecular weight excluding hydrogens is 370 g/mol. The first-order valence-corrected chi connectivity index (χ1v) is 9.46. The van der Waals surface area contributed by atoms with Crippen molar-refractivity contribution in [1.29, 1.82) is 0 Å². The van der Waals surface area contributed by atoms with Gasteiger partial charge in [0.15, 0.2) is 11.5 Å². The summed E-state index contributed by atoms with van der Waals surface area (Å²) in [6.45, 7) is 1.33. The van der Waals surface area contributed by atoms with E-state index in [0.29, 0.717) is 42.1 Å². The fourth-order valence-corrected chi connectivity index (χ4v) is 2.75. The predicted octanol–water partition coefficient (Wildman–Crippen LogP) is 2.57. The van der Waals surface area contributed by atoms with Gasteiger partial charge < -0.3 is 25.0 Å². The third-order valence-electron chi connectivity index (χ3n) is 4.34. The Balaban J connectivity index is 1.90. The van der Waals surface area contributed by atoms with Crippen LogP contribution in [0.5, 0.6) is 11.5 Å². The van der Waals surface area contributed by atoms with Gasteiger partial charge in [0.05, 0.1) is 14.2 Å². The monoisotopic (exact) mass is 399 g/mol. The van der Waals surface area contributed by atoms with E-state index in [1.54, 1.807) is 38.5 Å². The van der Waals surface area contributed by atoms with Crippen LogP contribution in [-0.2, 0) is 11.2 Å². The third-order valence-corrected chi connectivity index (χ3v) is 4.34. The smallest absolute Gasteiger partial charge is 0.251 e. The molecule has 0 aromatic heterocycles. The lowest BCUT2D eigenvalue weighted by Gasteiger charge is -2.11. The number of nitrogens with zero attached hydrogens (tertiary/aromatic N) is 1. The van der Waals surface area contributed by atoms with Crippen LogP contribution in [0.25, 0.3) is 0 Å². The highest BCUT2D eigenvalue weighted by Gasteiger charge is 2.09. The molecule has 0 radical (unpaired) electrons. The summed E-state index contributed by atoms with van der Waals surface area (Å²) >= 11 is 0. The fourth-order valence-electron chi connectivity index (χ4n) is 2.75. The Morgan fingerprint density at radius 3 is 2.45 bits per heavy atom. The fraction of sp³-hybridized carbons (Fsp3) is 0.364. The van der Waals surface area contributed by atoms with Crippen LogP contribution in [0.15, 0.2) is 42.5 Å². The summed E-state index contributed by atoms with van der Waals surface area (Å²) in [5, 5.41) is 5.71. The zero-order valence-electron chi connectivity index (χ0n) is 17.5. The Bertz CT molecular complexity index is 837. The summed E-state index contributed by atoms with van der Waals surface area (Å²) in [4.78, 5) is 26.5. The highest BCUT2D eigenvalue weighted by atomic mass is 16.5. The summed E-state index contributed by atoms with van der Waals surface area (Å²) in [6, 6.07) is 12.5. The summed E-state index contributed by atoms with van der Waals surface area (Å²) in [6.07, 6.45) is 0.881. The number of nitrogens with one attached hydrogen (secondary N) is 2. The molecule has 7 nitrogen and oxygen atoms in total. The number of anilines is 1. The first-order valence-electron chi connectivity index (χ1n) is 9.46. The van der Waals surface area contributed by atoms with Crippen molar-refractivity contribution in [2.24, 2.45) is 0 Å². The number of hydrogen-bond donors (Lipinski definition) is 2. The molecule has 0 spiro atoms. The van der Waals surface area contributed by atoms with Gasteiger partial charge in [0.25, 0.3) is 5.91 Å². The van der Waals surface area contributed by atoms with Crippen LogP contribution >= 0.6 is 0 Å². The van der Waals surface area contributed by atoms with Crippen LogP contribution in [0.4, 0.5) is 5.69 Å². The molecule has 7 heteroatoms. The van der Waals surface area contributed by atoms with Crippen molar-refractivity contribution in [3.8, 4) is 11.5 Å². The third kappa shape index (κ3) is 7.12. The van der Waals surface area contributed by atoms with Gasteiger partial charge in [0, 0.05) is 30.8 Å². The molecule has 2 amide bonds. The second-order valence-corrected chi connectivity index (χ2v) is 6.88. The van der Waals surface area contributed by atoms with Gasteiger partial charge in [-0.2, -0.15) is 0 Å². The van der Waals surface area contributed by atoms with E-state index in [2.05, 4.69) is 10.6 Å². The minimum Gasteiger partial charge on any atom is -0.493 e.